The number of hydrogen-bond acceptors (Lipinski definition) is 2. The molecule has 0 aromatic heterocycles. The van der Waals surface area contributed by atoms with E-state index < -0.39 is 9.84 Å². The lowest BCUT2D eigenvalue weighted by atomic mass is 10.1. The molecule has 104 valence electrons. The summed E-state index contributed by atoms with van der Waals surface area (Å²) in [7, 11) is -3.43. The van der Waals surface area contributed by atoms with Crippen molar-refractivity contribution in [1.29, 1.82) is 0 Å². The van der Waals surface area contributed by atoms with E-state index in [0.29, 0.717) is 9.92 Å². The van der Waals surface area contributed by atoms with Crippen LogP contribution in [-0.2, 0) is 9.84 Å². The van der Waals surface area contributed by atoms with Crippen LogP contribution in [0, 0.1) is 13.8 Å². The zero-order valence-electron chi connectivity index (χ0n) is 11.3. The molecule has 0 saturated carbocycles. The van der Waals surface area contributed by atoms with Gasteiger partial charge in [-0.15, -0.1) is 0 Å². The van der Waals surface area contributed by atoms with Gasteiger partial charge >= 0.3 is 0 Å². The van der Waals surface area contributed by atoms with Crippen LogP contribution in [0.25, 0.3) is 6.08 Å². The van der Waals surface area contributed by atoms with Crippen LogP contribution in [0.2, 0.25) is 5.02 Å². The Morgan fingerprint density at radius 1 is 1.00 bits per heavy atom. The van der Waals surface area contributed by atoms with E-state index in [1.54, 1.807) is 42.5 Å². The third kappa shape index (κ3) is 3.50. The van der Waals surface area contributed by atoms with Gasteiger partial charge in [-0.05, 0) is 55.3 Å². The minimum atomic E-state index is -3.43. The lowest BCUT2D eigenvalue weighted by Crippen LogP contribution is -1.96. The summed E-state index contributed by atoms with van der Waals surface area (Å²) in [5.74, 6) is 0. The van der Waals surface area contributed by atoms with Crippen LogP contribution in [0.4, 0.5) is 0 Å². The van der Waals surface area contributed by atoms with Gasteiger partial charge in [-0.25, -0.2) is 8.42 Å². The Hall–Kier alpha value is -1.58. The van der Waals surface area contributed by atoms with Gasteiger partial charge in [0.15, 0.2) is 9.84 Å². The Morgan fingerprint density at radius 3 is 2.30 bits per heavy atom. The maximum Gasteiger partial charge on any atom is 0.199 e. The summed E-state index contributed by atoms with van der Waals surface area (Å²) in [6.45, 7) is 3.83. The Kier molecular flexibility index (Phi) is 4.31. The summed E-state index contributed by atoms with van der Waals surface area (Å²) in [6, 6.07) is 12.2. The van der Waals surface area contributed by atoms with Crippen molar-refractivity contribution in [1.82, 2.24) is 0 Å². The first kappa shape index (κ1) is 14.8. The average Bonchev–Trinajstić information content (AvgIpc) is 2.40. The first-order valence-corrected chi connectivity index (χ1v) is 8.07. The molecule has 0 amide bonds. The number of halogens is 1. The predicted molar refractivity (Wildman–Crippen MR) is 83.6 cm³/mol. The van der Waals surface area contributed by atoms with Crippen molar-refractivity contribution in [2.45, 2.75) is 18.7 Å². The first-order valence-electron chi connectivity index (χ1n) is 6.14. The Labute approximate surface area is 124 Å². The van der Waals surface area contributed by atoms with Gasteiger partial charge in [-0.2, -0.15) is 0 Å². The van der Waals surface area contributed by atoms with Crippen molar-refractivity contribution >= 4 is 27.5 Å². The third-order valence-corrected chi connectivity index (χ3v) is 4.68. The molecule has 0 fully saturated rings. The van der Waals surface area contributed by atoms with Crippen LogP contribution in [0.5, 0.6) is 0 Å². The van der Waals surface area contributed by atoms with E-state index in [1.807, 2.05) is 19.9 Å². The summed E-state index contributed by atoms with van der Waals surface area (Å²) >= 11 is 5.92. The zero-order valence-corrected chi connectivity index (χ0v) is 12.9. The van der Waals surface area contributed by atoms with Crippen LogP contribution < -0.4 is 0 Å². The predicted octanol–water partition coefficient (Wildman–Crippen LogP) is 4.40. The molecule has 0 spiro atoms. The smallest absolute Gasteiger partial charge is 0.199 e. The van der Waals surface area contributed by atoms with Gasteiger partial charge < -0.3 is 0 Å². The molecule has 0 N–H and O–H groups in total. The maximum atomic E-state index is 12.2. The summed E-state index contributed by atoms with van der Waals surface area (Å²) in [5, 5.41) is 1.80. The molecule has 2 rings (SSSR count). The van der Waals surface area contributed by atoms with Crippen molar-refractivity contribution in [3.05, 3.63) is 69.6 Å². The quantitative estimate of drug-likeness (QED) is 0.842. The molecule has 2 nitrogen and oxygen atoms in total. The van der Waals surface area contributed by atoms with Gasteiger partial charge in [0.2, 0.25) is 0 Å². The molecule has 2 aromatic rings. The number of hydrogen-bond donors (Lipinski definition) is 0. The van der Waals surface area contributed by atoms with Crippen LogP contribution in [0.1, 0.15) is 16.7 Å². The average molecular weight is 307 g/mol. The van der Waals surface area contributed by atoms with E-state index in [9.17, 15) is 8.42 Å². The highest BCUT2D eigenvalue weighted by Gasteiger charge is 2.09. The van der Waals surface area contributed by atoms with Crippen molar-refractivity contribution in [2.75, 3.05) is 0 Å². The molecular weight excluding hydrogens is 292 g/mol. The number of rotatable bonds is 3. The summed E-state index contributed by atoms with van der Waals surface area (Å²) in [5.41, 5.74) is 2.80. The molecule has 0 aliphatic rings. The lowest BCUT2D eigenvalue weighted by molar-refractivity contribution is 0.605. The minimum absolute atomic E-state index is 0.291. The fraction of sp³-hybridized carbons (Fsp3) is 0.125. The molecule has 0 unspecified atom stereocenters. The van der Waals surface area contributed by atoms with Gasteiger partial charge in [0.1, 0.15) is 0 Å². The lowest BCUT2D eigenvalue weighted by Gasteiger charge is -2.02. The maximum absolute atomic E-state index is 12.2. The summed E-state index contributed by atoms with van der Waals surface area (Å²) in [4.78, 5) is 0.291. The van der Waals surface area contributed by atoms with E-state index in [4.69, 9.17) is 11.6 Å². The van der Waals surface area contributed by atoms with Crippen molar-refractivity contribution in [3.63, 3.8) is 0 Å². The van der Waals surface area contributed by atoms with Gasteiger partial charge in [-0.1, -0.05) is 35.4 Å². The largest absolute Gasteiger partial charge is 0.219 e. The second-order valence-corrected chi connectivity index (χ2v) is 6.93. The molecule has 0 saturated heterocycles. The highest BCUT2D eigenvalue weighted by molar-refractivity contribution is 7.94. The normalized spacial score (nSPS) is 11.9. The van der Waals surface area contributed by atoms with Gasteiger partial charge in [0.25, 0.3) is 0 Å². The highest BCUT2D eigenvalue weighted by Crippen LogP contribution is 2.19. The SMILES string of the molecule is Cc1ccc(S(=O)(=O)C=Cc2cc(Cl)ccc2C)cc1. The fourth-order valence-electron chi connectivity index (χ4n) is 1.76. The minimum Gasteiger partial charge on any atom is -0.219 e. The summed E-state index contributed by atoms with van der Waals surface area (Å²) in [6.07, 6.45) is 1.58. The highest BCUT2D eigenvalue weighted by atomic mass is 35.5. The molecule has 0 bridgehead atoms. The van der Waals surface area contributed by atoms with Gasteiger partial charge in [0.05, 0.1) is 4.90 Å². The Bertz CT molecular complexity index is 745. The molecule has 0 radical (unpaired) electrons. The van der Waals surface area contributed by atoms with E-state index in [1.165, 1.54) is 5.41 Å². The molecular formula is C16H15ClO2S. The monoisotopic (exact) mass is 306 g/mol. The third-order valence-electron chi connectivity index (χ3n) is 3.02. The Balaban J connectivity index is 2.34. The summed E-state index contributed by atoms with van der Waals surface area (Å²) < 4.78 is 24.4. The number of aryl methyl sites for hydroxylation is 2. The van der Waals surface area contributed by atoms with Crippen molar-refractivity contribution in [2.24, 2.45) is 0 Å². The molecule has 0 aliphatic carbocycles. The van der Waals surface area contributed by atoms with Crippen molar-refractivity contribution < 1.29 is 8.42 Å². The molecule has 2 aromatic carbocycles. The molecule has 20 heavy (non-hydrogen) atoms. The van der Waals surface area contributed by atoms with Gasteiger partial charge in [0, 0.05) is 10.4 Å². The van der Waals surface area contributed by atoms with Crippen LogP contribution >= 0.6 is 11.6 Å². The van der Waals surface area contributed by atoms with E-state index in [2.05, 4.69) is 0 Å². The fourth-order valence-corrected chi connectivity index (χ4v) is 2.94. The molecule has 0 aliphatic heterocycles. The van der Waals surface area contributed by atoms with Crippen LogP contribution in [0.15, 0.2) is 52.8 Å². The van der Waals surface area contributed by atoms with E-state index in [0.717, 1.165) is 16.7 Å². The molecule has 0 heterocycles. The van der Waals surface area contributed by atoms with E-state index >= 15 is 0 Å². The van der Waals surface area contributed by atoms with E-state index in [-0.39, 0.29) is 0 Å². The molecule has 0 atom stereocenters. The first-order chi connectivity index (χ1) is 9.38. The Morgan fingerprint density at radius 2 is 1.65 bits per heavy atom. The van der Waals surface area contributed by atoms with Crippen LogP contribution in [0.3, 0.4) is 0 Å². The standard InChI is InChI=1S/C16H15ClO2S/c1-12-3-7-16(8-4-12)20(18,19)10-9-14-11-15(17)6-5-13(14)2/h3-11H,1-2H3. The molecule has 4 heteroatoms. The number of benzene rings is 2. The van der Waals surface area contributed by atoms with Gasteiger partial charge in [-0.3, -0.25) is 0 Å². The zero-order chi connectivity index (χ0) is 14.8. The number of sulfone groups is 1. The second kappa shape index (κ2) is 5.81. The van der Waals surface area contributed by atoms with Crippen LogP contribution in [-0.4, -0.2) is 8.42 Å². The second-order valence-electron chi connectivity index (χ2n) is 4.66. The van der Waals surface area contributed by atoms with Crippen molar-refractivity contribution in [3.8, 4) is 0 Å². The topological polar surface area (TPSA) is 34.1 Å².